The maximum absolute atomic E-state index is 5.78. The molecule has 1 fully saturated rings. The van der Waals surface area contributed by atoms with Crippen molar-refractivity contribution in [3.8, 4) is 5.88 Å². The van der Waals surface area contributed by atoms with E-state index in [4.69, 9.17) is 16.3 Å². The lowest BCUT2D eigenvalue weighted by Crippen LogP contribution is -2.15. The Hall–Kier alpha value is -0.760. The molecule has 82 valence electrons. The topological polar surface area (TPSA) is 22.1 Å². The number of hydrogen-bond donors (Lipinski definition) is 0. The Kier molecular flexibility index (Phi) is 3.84. The van der Waals surface area contributed by atoms with Gasteiger partial charge in [-0.2, -0.15) is 0 Å². The SMILES string of the molecule is Clc1cccc(OCC2CCCCC2)n1. The van der Waals surface area contributed by atoms with Crippen molar-refractivity contribution in [1.82, 2.24) is 4.98 Å². The number of nitrogens with zero attached hydrogens (tertiary/aromatic N) is 1. The van der Waals surface area contributed by atoms with E-state index in [1.165, 1.54) is 32.1 Å². The monoisotopic (exact) mass is 225 g/mol. The summed E-state index contributed by atoms with van der Waals surface area (Å²) in [5, 5.41) is 0.496. The predicted molar refractivity (Wildman–Crippen MR) is 61.3 cm³/mol. The fraction of sp³-hybridized carbons (Fsp3) is 0.583. The van der Waals surface area contributed by atoms with Crippen LogP contribution in [0.15, 0.2) is 18.2 Å². The lowest BCUT2D eigenvalue weighted by atomic mass is 9.90. The molecular formula is C12H16ClNO. The van der Waals surface area contributed by atoms with Crippen LogP contribution in [0.1, 0.15) is 32.1 Å². The van der Waals surface area contributed by atoms with Gasteiger partial charge in [-0.05, 0) is 24.8 Å². The predicted octanol–water partition coefficient (Wildman–Crippen LogP) is 3.69. The maximum atomic E-state index is 5.78. The lowest BCUT2D eigenvalue weighted by molar-refractivity contribution is 0.203. The van der Waals surface area contributed by atoms with Crippen LogP contribution in [0.5, 0.6) is 5.88 Å². The molecule has 2 rings (SSSR count). The van der Waals surface area contributed by atoms with Crippen LogP contribution >= 0.6 is 11.6 Å². The van der Waals surface area contributed by atoms with Crippen LogP contribution in [-0.2, 0) is 0 Å². The van der Waals surface area contributed by atoms with Gasteiger partial charge < -0.3 is 4.74 Å². The summed E-state index contributed by atoms with van der Waals surface area (Å²) in [4.78, 5) is 4.10. The minimum atomic E-state index is 0.496. The van der Waals surface area contributed by atoms with Gasteiger partial charge in [0.1, 0.15) is 5.15 Å². The molecule has 1 saturated carbocycles. The molecule has 1 aliphatic rings. The van der Waals surface area contributed by atoms with E-state index in [0.29, 0.717) is 17.0 Å². The normalized spacial score (nSPS) is 17.7. The molecule has 1 aromatic rings. The van der Waals surface area contributed by atoms with Crippen LogP contribution < -0.4 is 4.74 Å². The summed E-state index contributed by atoms with van der Waals surface area (Å²) in [7, 11) is 0. The summed E-state index contributed by atoms with van der Waals surface area (Å²) in [5.74, 6) is 1.35. The Bertz CT molecular complexity index is 310. The third kappa shape index (κ3) is 3.38. The quantitative estimate of drug-likeness (QED) is 0.732. The molecule has 0 N–H and O–H groups in total. The number of rotatable bonds is 3. The molecule has 15 heavy (non-hydrogen) atoms. The Labute approximate surface area is 95.6 Å². The van der Waals surface area contributed by atoms with Crippen molar-refractivity contribution in [2.24, 2.45) is 5.92 Å². The standard InChI is InChI=1S/C12H16ClNO/c13-11-7-4-8-12(14-11)15-9-10-5-2-1-3-6-10/h4,7-8,10H,1-3,5-6,9H2. The van der Waals surface area contributed by atoms with Crippen LogP contribution in [0.2, 0.25) is 5.15 Å². The Morgan fingerprint density at radius 1 is 1.27 bits per heavy atom. The van der Waals surface area contributed by atoms with Crippen molar-refractivity contribution >= 4 is 11.6 Å². The van der Waals surface area contributed by atoms with E-state index in [0.717, 1.165) is 6.61 Å². The first kappa shape index (κ1) is 10.7. The fourth-order valence-electron chi connectivity index (χ4n) is 2.03. The van der Waals surface area contributed by atoms with Crippen molar-refractivity contribution in [2.75, 3.05) is 6.61 Å². The van der Waals surface area contributed by atoms with E-state index in [9.17, 15) is 0 Å². The zero-order valence-electron chi connectivity index (χ0n) is 8.79. The molecule has 0 atom stereocenters. The number of halogens is 1. The van der Waals surface area contributed by atoms with Crippen molar-refractivity contribution in [2.45, 2.75) is 32.1 Å². The molecule has 2 nitrogen and oxygen atoms in total. The second-order valence-corrected chi connectivity index (χ2v) is 4.50. The highest BCUT2D eigenvalue weighted by Gasteiger charge is 2.14. The van der Waals surface area contributed by atoms with Gasteiger partial charge in [0.25, 0.3) is 0 Å². The molecule has 0 bridgehead atoms. The van der Waals surface area contributed by atoms with Crippen LogP contribution in [0.4, 0.5) is 0 Å². The van der Waals surface area contributed by atoms with Gasteiger partial charge in [0.2, 0.25) is 5.88 Å². The number of aromatic nitrogens is 1. The zero-order chi connectivity index (χ0) is 10.5. The third-order valence-corrected chi connectivity index (χ3v) is 3.09. The highest BCUT2D eigenvalue weighted by atomic mass is 35.5. The molecule has 0 aliphatic heterocycles. The first-order valence-electron chi connectivity index (χ1n) is 5.60. The van der Waals surface area contributed by atoms with Gasteiger partial charge in [0, 0.05) is 6.07 Å². The third-order valence-electron chi connectivity index (χ3n) is 2.88. The highest BCUT2D eigenvalue weighted by Crippen LogP contribution is 2.24. The van der Waals surface area contributed by atoms with Gasteiger partial charge in [-0.3, -0.25) is 0 Å². The summed E-state index contributed by atoms with van der Waals surface area (Å²) in [6.45, 7) is 0.785. The molecule has 1 aromatic heterocycles. The molecule has 1 aliphatic carbocycles. The fourth-order valence-corrected chi connectivity index (χ4v) is 2.18. The van der Waals surface area contributed by atoms with Crippen LogP contribution in [-0.4, -0.2) is 11.6 Å². The molecular weight excluding hydrogens is 210 g/mol. The first-order chi connectivity index (χ1) is 7.34. The highest BCUT2D eigenvalue weighted by molar-refractivity contribution is 6.29. The number of ether oxygens (including phenoxy) is 1. The maximum Gasteiger partial charge on any atom is 0.214 e. The summed E-state index contributed by atoms with van der Waals surface area (Å²) >= 11 is 5.78. The Morgan fingerprint density at radius 2 is 2.07 bits per heavy atom. The van der Waals surface area contributed by atoms with Gasteiger partial charge >= 0.3 is 0 Å². The van der Waals surface area contributed by atoms with E-state index >= 15 is 0 Å². The van der Waals surface area contributed by atoms with Crippen molar-refractivity contribution < 1.29 is 4.74 Å². The minimum Gasteiger partial charge on any atom is -0.477 e. The Balaban J connectivity index is 1.81. The van der Waals surface area contributed by atoms with Crippen molar-refractivity contribution in [1.29, 1.82) is 0 Å². The van der Waals surface area contributed by atoms with Crippen LogP contribution in [0.3, 0.4) is 0 Å². The second kappa shape index (κ2) is 5.36. The molecule has 0 saturated heterocycles. The molecule has 0 radical (unpaired) electrons. The number of pyridine rings is 1. The zero-order valence-corrected chi connectivity index (χ0v) is 9.54. The molecule has 0 spiro atoms. The van der Waals surface area contributed by atoms with Crippen LogP contribution in [0, 0.1) is 5.92 Å². The smallest absolute Gasteiger partial charge is 0.214 e. The molecule has 3 heteroatoms. The van der Waals surface area contributed by atoms with Gasteiger partial charge in [-0.1, -0.05) is 36.9 Å². The van der Waals surface area contributed by atoms with Gasteiger partial charge in [-0.25, -0.2) is 4.98 Å². The first-order valence-corrected chi connectivity index (χ1v) is 5.98. The van der Waals surface area contributed by atoms with Gasteiger partial charge in [0.15, 0.2) is 0 Å². The molecule has 0 unspecified atom stereocenters. The van der Waals surface area contributed by atoms with E-state index in [1.54, 1.807) is 6.07 Å². The Morgan fingerprint density at radius 3 is 2.80 bits per heavy atom. The average molecular weight is 226 g/mol. The van der Waals surface area contributed by atoms with Gasteiger partial charge in [-0.15, -0.1) is 0 Å². The minimum absolute atomic E-state index is 0.496. The van der Waals surface area contributed by atoms with Crippen molar-refractivity contribution in [3.05, 3.63) is 23.4 Å². The lowest BCUT2D eigenvalue weighted by Gasteiger charge is -2.21. The summed E-state index contributed by atoms with van der Waals surface area (Å²) in [5.41, 5.74) is 0. The van der Waals surface area contributed by atoms with E-state index < -0.39 is 0 Å². The second-order valence-electron chi connectivity index (χ2n) is 4.11. The van der Waals surface area contributed by atoms with E-state index in [2.05, 4.69) is 4.98 Å². The summed E-state index contributed by atoms with van der Waals surface area (Å²) in [6.07, 6.45) is 6.65. The largest absolute Gasteiger partial charge is 0.477 e. The molecule has 0 amide bonds. The summed E-state index contributed by atoms with van der Waals surface area (Å²) < 4.78 is 5.63. The van der Waals surface area contributed by atoms with Crippen molar-refractivity contribution in [3.63, 3.8) is 0 Å². The molecule has 0 aromatic carbocycles. The van der Waals surface area contributed by atoms with E-state index in [1.807, 2.05) is 12.1 Å². The average Bonchev–Trinajstić information content (AvgIpc) is 2.28. The van der Waals surface area contributed by atoms with Gasteiger partial charge in [0.05, 0.1) is 6.61 Å². The molecule has 1 heterocycles. The number of hydrogen-bond acceptors (Lipinski definition) is 2. The van der Waals surface area contributed by atoms with Crippen LogP contribution in [0.25, 0.3) is 0 Å². The summed E-state index contributed by atoms with van der Waals surface area (Å²) in [6, 6.07) is 5.48. The van der Waals surface area contributed by atoms with E-state index in [-0.39, 0.29) is 0 Å².